The highest BCUT2D eigenvalue weighted by atomic mass is 19.4. The Kier molecular flexibility index (Phi) is 14.8. The Bertz CT molecular complexity index is 3230. The first-order valence-electron chi connectivity index (χ1n) is 21.2. The second-order valence-electron chi connectivity index (χ2n) is 16.1. The lowest BCUT2D eigenvalue weighted by molar-refractivity contribution is -0.143. The summed E-state index contributed by atoms with van der Waals surface area (Å²) in [6.45, 7) is 8.45. The van der Waals surface area contributed by atoms with E-state index in [9.17, 15) is 51.0 Å². The Labute approximate surface area is 389 Å². The number of aryl methyl sites for hydroxylation is 2. The van der Waals surface area contributed by atoms with Gasteiger partial charge in [0, 0.05) is 91.3 Å². The Hall–Kier alpha value is -7.82. The first kappa shape index (κ1) is 50.6. The highest BCUT2D eigenvalue weighted by Gasteiger charge is 2.38. The fourth-order valence-corrected chi connectivity index (χ4v) is 7.48. The van der Waals surface area contributed by atoms with E-state index >= 15 is 0 Å². The molecule has 0 bridgehead atoms. The van der Waals surface area contributed by atoms with E-state index in [2.05, 4.69) is 30.0 Å². The lowest BCUT2D eigenvalue weighted by Crippen LogP contribution is -2.43. The maximum atomic E-state index is 14.8. The summed E-state index contributed by atoms with van der Waals surface area (Å²) in [4.78, 5) is 79.6. The third kappa shape index (κ3) is 10.4. The molecule has 0 fully saturated rings. The molecule has 0 radical (unpaired) electrons. The second-order valence-corrected chi connectivity index (χ2v) is 16.1. The average molecular weight is 962 g/mol. The number of alkyl halides is 3. The summed E-state index contributed by atoms with van der Waals surface area (Å²) < 4.78 is 79.8. The fraction of sp³-hybridized carbons (Fsp3) is 0.326. The van der Waals surface area contributed by atoms with Crippen LogP contribution in [0.3, 0.4) is 0 Å². The number of imidazole rings is 2. The van der Waals surface area contributed by atoms with Crippen molar-refractivity contribution >= 4 is 34.8 Å². The molecule has 1 aromatic carbocycles. The van der Waals surface area contributed by atoms with Crippen LogP contribution in [0, 0.1) is 39.3 Å². The van der Waals surface area contributed by atoms with Gasteiger partial charge in [-0.25, -0.2) is 33.5 Å². The van der Waals surface area contributed by atoms with Crippen LogP contribution in [0.2, 0.25) is 0 Å². The number of hydrogen-bond acceptors (Lipinski definition) is 12. The van der Waals surface area contributed by atoms with E-state index in [-0.39, 0.29) is 35.3 Å². The number of nitrogens with zero attached hydrogens (tertiary/aromatic N) is 8. The number of fused-ring (bicyclic) bond motifs is 2. The second kappa shape index (κ2) is 20.2. The Morgan fingerprint density at radius 2 is 1.26 bits per heavy atom. The molecule has 69 heavy (non-hydrogen) atoms. The van der Waals surface area contributed by atoms with Gasteiger partial charge in [-0.3, -0.25) is 19.2 Å². The van der Waals surface area contributed by atoms with Gasteiger partial charge in [0.15, 0.2) is 0 Å². The molecule has 0 aliphatic heterocycles. The van der Waals surface area contributed by atoms with E-state index in [1.807, 2.05) is 29.6 Å². The summed E-state index contributed by atoms with van der Waals surface area (Å²) in [5.41, 5.74) is 9.99. The molecule has 0 aliphatic rings. The number of benzene rings is 1. The van der Waals surface area contributed by atoms with Crippen molar-refractivity contribution in [1.82, 2.24) is 43.2 Å². The SMILES string of the molecule is CC[C@@H](Nc1cc(F)c(C(=O)N[C@@H](Cc2ccc(-c3nc(C)c(C)n(C)c3=O)c3nccn23)C(=O)O)c(F)c1)C(F)(F)F.COC(=O)[C@@H](N)Cc1ccc(-c2nc(C)c(C)n(C)c2=O)c2nccn12. The van der Waals surface area contributed by atoms with Crippen molar-refractivity contribution in [3.05, 3.63) is 133 Å². The van der Waals surface area contributed by atoms with Gasteiger partial charge in [0.1, 0.15) is 58.0 Å². The predicted molar refractivity (Wildman–Crippen MR) is 243 cm³/mol. The highest BCUT2D eigenvalue weighted by molar-refractivity contribution is 5.97. The summed E-state index contributed by atoms with van der Waals surface area (Å²) in [5.74, 6) is -6.38. The van der Waals surface area contributed by atoms with Crippen LogP contribution in [0.4, 0.5) is 27.6 Å². The largest absolute Gasteiger partial charge is 0.480 e. The molecule has 6 heterocycles. The molecule has 0 saturated heterocycles. The number of aliphatic carboxylic acids is 1. The van der Waals surface area contributed by atoms with Crippen LogP contribution < -0.4 is 27.5 Å². The van der Waals surface area contributed by atoms with E-state index in [1.54, 1.807) is 51.0 Å². The number of ether oxygens (including phenoxy) is 1. The van der Waals surface area contributed by atoms with Crippen molar-refractivity contribution in [2.24, 2.45) is 19.8 Å². The van der Waals surface area contributed by atoms with Crippen LogP contribution >= 0.6 is 0 Å². The molecule has 6 aromatic heterocycles. The Morgan fingerprint density at radius 1 is 0.797 bits per heavy atom. The predicted octanol–water partition coefficient (Wildman–Crippen LogP) is 4.92. The number of carbonyl (C=O) groups excluding carboxylic acids is 2. The molecule has 364 valence electrons. The number of carboxylic acid groups (broad SMARTS) is 1. The maximum absolute atomic E-state index is 14.8. The zero-order valence-electron chi connectivity index (χ0n) is 38.6. The highest BCUT2D eigenvalue weighted by Crippen LogP contribution is 2.29. The van der Waals surface area contributed by atoms with E-state index in [1.165, 1.54) is 47.5 Å². The van der Waals surface area contributed by atoms with Gasteiger partial charge >= 0.3 is 18.1 Å². The van der Waals surface area contributed by atoms with Crippen molar-refractivity contribution in [2.75, 3.05) is 12.4 Å². The summed E-state index contributed by atoms with van der Waals surface area (Å²) in [6.07, 6.45) is 1.16. The smallest absolute Gasteiger partial charge is 0.408 e. The Morgan fingerprint density at radius 3 is 1.68 bits per heavy atom. The van der Waals surface area contributed by atoms with Gasteiger partial charge in [-0.2, -0.15) is 13.2 Å². The minimum atomic E-state index is -4.68. The molecule has 18 nitrogen and oxygen atoms in total. The van der Waals surface area contributed by atoms with E-state index in [0.29, 0.717) is 51.7 Å². The third-order valence-electron chi connectivity index (χ3n) is 11.8. The molecule has 0 aliphatic carbocycles. The van der Waals surface area contributed by atoms with Crippen molar-refractivity contribution in [1.29, 1.82) is 0 Å². The molecular weight excluding hydrogens is 914 g/mol. The van der Waals surface area contributed by atoms with Gasteiger partial charge in [0.05, 0.1) is 18.5 Å². The molecule has 3 atom stereocenters. The minimum absolute atomic E-state index is 0.126. The number of carboxylic acids is 1. The summed E-state index contributed by atoms with van der Waals surface area (Å²) in [6, 6.07) is 3.18. The van der Waals surface area contributed by atoms with Gasteiger partial charge in [0.2, 0.25) is 0 Å². The van der Waals surface area contributed by atoms with Crippen LogP contribution in [0.15, 0.2) is 70.8 Å². The van der Waals surface area contributed by atoms with Crippen molar-refractivity contribution in [2.45, 2.75) is 78.2 Å². The standard InChI is InChI=1S/C28H27F5N6O4.C18H21N5O3/c1-5-21(28(31,32)33)36-15-10-18(29)22(19(30)11-15)25(40)37-20(27(42)43)12-16-6-7-17(24-34-8-9-39(16)24)23-26(41)38(4)14(3)13(2)35-23;1-10-11(2)22(3)17(24)15(21-10)13-6-5-12(9-14(19)18(25)26-4)23-8-7-20-16(13)23/h6-11,20-21,36H,5,12H2,1-4H3,(H,37,40)(H,42,43);5-8,14H,9,19H2,1-4H3/t20-,21+;14-/m00/s1. The first-order chi connectivity index (χ1) is 32.5. The number of carbonyl (C=O) groups is 3. The van der Waals surface area contributed by atoms with Gasteiger partial charge in [0.25, 0.3) is 17.0 Å². The van der Waals surface area contributed by atoms with Crippen LogP contribution in [0.1, 0.15) is 57.9 Å². The zero-order valence-corrected chi connectivity index (χ0v) is 38.6. The van der Waals surface area contributed by atoms with Crippen molar-refractivity contribution in [3.8, 4) is 22.5 Å². The number of pyridine rings is 2. The molecule has 0 spiro atoms. The van der Waals surface area contributed by atoms with Gasteiger partial charge in [-0.05, 0) is 70.5 Å². The summed E-state index contributed by atoms with van der Waals surface area (Å²) >= 11 is 0. The van der Waals surface area contributed by atoms with E-state index in [4.69, 9.17) is 5.73 Å². The number of halogens is 5. The quantitative estimate of drug-likeness (QED) is 0.0889. The monoisotopic (exact) mass is 961 g/mol. The molecular formula is C46H48F5N11O7. The molecule has 23 heteroatoms. The molecule has 1 amide bonds. The minimum Gasteiger partial charge on any atom is -0.480 e. The molecule has 5 N–H and O–H groups in total. The van der Waals surface area contributed by atoms with E-state index in [0.717, 1.165) is 17.1 Å². The van der Waals surface area contributed by atoms with E-state index < -0.39 is 71.5 Å². The molecule has 0 unspecified atom stereocenters. The first-order valence-corrected chi connectivity index (χ1v) is 21.2. The zero-order chi connectivity index (χ0) is 50.8. The lowest BCUT2D eigenvalue weighted by atomic mass is 10.1. The summed E-state index contributed by atoms with van der Waals surface area (Å²) in [5, 5.41) is 13.9. The number of esters is 1. The number of rotatable bonds is 13. The van der Waals surface area contributed by atoms with Crippen LogP contribution in [-0.4, -0.2) is 92.2 Å². The molecule has 7 aromatic rings. The molecule has 0 saturated carbocycles. The van der Waals surface area contributed by atoms with Crippen molar-refractivity contribution < 1.29 is 46.2 Å². The summed E-state index contributed by atoms with van der Waals surface area (Å²) in [7, 11) is 4.63. The number of aromatic nitrogens is 8. The number of methoxy groups -OCH3 is 1. The topological polar surface area (TPSA) is 235 Å². The normalized spacial score (nSPS) is 12.8. The van der Waals surface area contributed by atoms with Crippen LogP contribution in [0.25, 0.3) is 33.8 Å². The number of hydrogen-bond donors (Lipinski definition) is 4. The maximum Gasteiger partial charge on any atom is 0.408 e. The fourth-order valence-electron chi connectivity index (χ4n) is 7.48. The average Bonchev–Trinajstić information content (AvgIpc) is 4.01. The van der Waals surface area contributed by atoms with Gasteiger partial charge in [-0.1, -0.05) is 6.92 Å². The van der Waals surface area contributed by atoms with Crippen LogP contribution in [0.5, 0.6) is 0 Å². The van der Waals surface area contributed by atoms with Gasteiger partial charge in [-0.15, -0.1) is 0 Å². The lowest BCUT2D eigenvalue weighted by Gasteiger charge is -2.22. The third-order valence-corrected chi connectivity index (χ3v) is 11.8. The number of nitrogens with two attached hydrogens (primary N) is 1. The molecule has 7 rings (SSSR count). The van der Waals surface area contributed by atoms with Crippen LogP contribution in [-0.2, 0) is 41.3 Å². The number of nitrogens with one attached hydrogen (secondary N) is 2. The Balaban J connectivity index is 0.000000256. The van der Waals surface area contributed by atoms with Gasteiger partial charge < -0.3 is 44.1 Å². The van der Waals surface area contributed by atoms with Crippen molar-refractivity contribution in [3.63, 3.8) is 0 Å². The number of anilines is 1. The number of amides is 1.